The van der Waals surface area contributed by atoms with Crippen LogP contribution in [0.15, 0.2) is 24.3 Å². The van der Waals surface area contributed by atoms with Gasteiger partial charge < -0.3 is 11.1 Å². The second kappa shape index (κ2) is 6.72. The van der Waals surface area contributed by atoms with E-state index in [9.17, 15) is 13.2 Å². The van der Waals surface area contributed by atoms with Gasteiger partial charge in [-0.25, -0.2) is 8.42 Å². The standard InChI is InChI=1S/C11H15ClN2O3S/c12-10-3-1-9(2-4-10)7-18(16,17)8-11(15)14-6-5-13/h1-4H,5-8,13H2,(H,14,15). The smallest absolute Gasteiger partial charge is 0.235 e. The monoisotopic (exact) mass is 290 g/mol. The predicted molar refractivity (Wildman–Crippen MR) is 71.0 cm³/mol. The SMILES string of the molecule is NCCNC(=O)CS(=O)(=O)Cc1ccc(Cl)cc1. The zero-order valence-corrected chi connectivity index (χ0v) is 11.3. The van der Waals surface area contributed by atoms with Gasteiger partial charge >= 0.3 is 0 Å². The number of carbonyl (C=O) groups is 1. The number of hydrogen-bond acceptors (Lipinski definition) is 4. The Hall–Kier alpha value is -1.11. The van der Waals surface area contributed by atoms with Crippen molar-refractivity contribution in [1.82, 2.24) is 5.32 Å². The van der Waals surface area contributed by atoms with Gasteiger partial charge in [-0.05, 0) is 17.7 Å². The molecule has 18 heavy (non-hydrogen) atoms. The van der Waals surface area contributed by atoms with Crippen molar-refractivity contribution in [3.05, 3.63) is 34.9 Å². The zero-order chi connectivity index (χ0) is 13.6. The molecule has 0 spiro atoms. The third-order valence-electron chi connectivity index (χ3n) is 2.12. The Morgan fingerprint density at radius 3 is 2.44 bits per heavy atom. The normalized spacial score (nSPS) is 11.2. The van der Waals surface area contributed by atoms with Crippen LogP contribution in [-0.2, 0) is 20.4 Å². The van der Waals surface area contributed by atoms with Gasteiger partial charge in [-0.2, -0.15) is 0 Å². The van der Waals surface area contributed by atoms with Crippen LogP contribution in [0, 0.1) is 0 Å². The highest BCUT2D eigenvalue weighted by molar-refractivity contribution is 7.91. The minimum Gasteiger partial charge on any atom is -0.354 e. The van der Waals surface area contributed by atoms with Gasteiger partial charge in [-0.3, -0.25) is 4.79 Å². The lowest BCUT2D eigenvalue weighted by molar-refractivity contribution is -0.118. The van der Waals surface area contributed by atoms with E-state index in [1.54, 1.807) is 24.3 Å². The van der Waals surface area contributed by atoms with Gasteiger partial charge in [0.05, 0.1) is 5.75 Å². The van der Waals surface area contributed by atoms with Crippen molar-refractivity contribution in [1.29, 1.82) is 0 Å². The van der Waals surface area contributed by atoms with Crippen LogP contribution in [0.4, 0.5) is 0 Å². The molecule has 0 unspecified atom stereocenters. The van der Waals surface area contributed by atoms with Crippen molar-refractivity contribution in [3.8, 4) is 0 Å². The summed E-state index contributed by atoms with van der Waals surface area (Å²) in [5.74, 6) is -1.25. The molecule has 0 fully saturated rings. The maximum Gasteiger partial charge on any atom is 0.235 e. The number of amides is 1. The van der Waals surface area contributed by atoms with E-state index in [1.807, 2.05) is 0 Å². The molecule has 0 aliphatic heterocycles. The van der Waals surface area contributed by atoms with E-state index in [0.717, 1.165) is 0 Å². The Balaban J connectivity index is 2.59. The van der Waals surface area contributed by atoms with Gasteiger partial charge in [0.2, 0.25) is 5.91 Å². The first-order valence-corrected chi connectivity index (χ1v) is 7.54. The van der Waals surface area contributed by atoms with Gasteiger partial charge in [0.1, 0.15) is 5.75 Å². The van der Waals surface area contributed by atoms with Crippen molar-refractivity contribution in [2.45, 2.75) is 5.75 Å². The molecule has 1 aromatic carbocycles. The average molecular weight is 291 g/mol. The Labute approximate surface area is 111 Å². The number of halogens is 1. The molecule has 0 aromatic heterocycles. The second-order valence-electron chi connectivity index (χ2n) is 3.80. The molecule has 0 radical (unpaired) electrons. The molecule has 0 heterocycles. The maximum absolute atomic E-state index is 11.7. The van der Waals surface area contributed by atoms with Crippen molar-refractivity contribution >= 4 is 27.3 Å². The van der Waals surface area contributed by atoms with Crippen molar-refractivity contribution in [2.24, 2.45) is 5.73 Å². The fraction of sp³-hybridized carbons (Fsp3) is 0.364. The lowest BCUT2D eigenvalue weighted by Gasteiger charge is -2.05. The molecular weight excluding hydrogens is 276 g/mol. The van der Waals surface area contributed by atoms with Gasteiger partial charge in [-0.15, -0.1) is 0 Å². The molecule has 0 saturated heterocycles. The molecule has 1 aromatic rings. The third-order valence-corrected chi connectivity index (χ3v) is 3.84. The number of sulfone groups is 1. The van der Waals surface area contributed by atoms with Crippen LogP contribution in [0.3, 0.4) is 0 Å². The molecule has 0 aliphatic rings. The van der Waals surface area contributed by atoms with E-state index in [0.29, 0.717) is 10.6 Å². The van der Waals surface area contributed by atoms with Gasteiger partial charge in [0.25, 0.3) is 0 Å². The lowest BCUT2D eigenvalue weighted by atomic mass is 10.2. The summed E-state index contributed by atoms with van der Waals surface area (Å²) in [4.78, 5) is 11.3. The van der Waals surface area contributed by atoms with Gasteiger partial charge in [-0.1, -0.05) is 23.7 Å². The summed E-state index contributed by atoms with van der Waals surface area (Å²) in [5.41, 5.74) is 5.80. The fourth-order valence-electron chi connectivity index (χ4n) is 1.35. The number of nitrogens with two attached hydrogens (primary N) is 1. The molecule has 1 rings (SSSR count). The van der Waals surface area contributed by atoms with Crippen LogP contribution in [0.2, 0.25) is 5.02 Å². The Bertz CT molecular complexity index is 500. The molecule has 1 amide bonds. The van der Waals surface area contributed by atoms with Crippen LogP contribution in [0.5, 0.6) is 0 Å². The highest BCUT2D eigenvalue weighted by atomic mass is 35.5. The van der Waals surface area contributed by atoms with E-state index in [4.69, 9.17) is 17.3 Å². The Kier molecular flexibility index (Phi) is 5.58. The number of benzene rings is 1. The first kappa shape index (κ1) is 14.9. The minimum atomic E-state index is -3.47. The maximum atomic E-state index is 11.7. The van der Waals surface area contributed by atoms with E-state index in [1.165, 1.54) is 0 Å². The van der Waals surface area contributed by atoms with Crippen molar-refractivity contribution in [3.63, 3.8) is 0 Å². The van der Waals surface area contributed by atoms with Gasteiger partial charge in [0, 0.05) is 18.1 Å². The summed E-state index contributed by atoms with van der Waals surface area (Å²) in [6, 6.07) is 6.47. The summed E-state index contributed by atoms with van der Waals surface area (Å²) in [6.07, 6.45) is 0. The molecule has 7 heteroatoms. The summed E-state index contributed by atoms with van der Waals surface area (Å²) < 4.78 is 23.5. The summed E-state index contributed by atoms with van der Waals surface area (Å²) in [6.45, 7) is 0.554. The summed E-state index contributed by atoms with van der Waals surface area (Å²) in [5, 5.41) is 2.96. The molecule has 3 N–H and O–H groups in total. The van der Waals surface area contributed by atoms with E-state index in [-0.39, 0.29) is 18.8 Å². The Morgan fingerprint density at radius 2 is 1.89 bits per heavy atom. The predicted octanol–water partition coefficient (Wildman–Crippen LogP) is 0.330. The first-order valence-electron chi connectivity index (χ1n) is 5.34. The lowest BCUT2D eigenvalue weighted by Crippen LogP contribution is -2.34. The first-order chi connectivity index (χ1) is 8.43. The number of hydrogen-bond donors (Lipinski definition) is 2. The molecule has 0 atom stereocenters. The number of nitrogens with one attached hydrogen (secondary N) is 1. The average Bonchev–Trinajstić information content (AvgIpc) is 2.28. The van der Waals surface area contributed by atoms with Crippen molar-refractivity contribution < 1.29 is 13.2 Å². The highest BCUT2D eigenvalue weighted by Gasteiger charge is 2.16. The molecule has 0 aliphatic carbocycles. The summed E-state index contributed by atoms with van der Waals surface area (Å²) in [7, 11) is -3.47. The van der Waals surface area contributed by atoms with Crippen LogP contribution in [-0.4, -0.2) is 33.2 Å². The van der Waals surface area contributed by atoms with Crippen molar-refractivity contribution in [2.75, 3.05) is 18.8 Å². The quantitative estimate of drug-likeness (QED) is 0.790. The molecular formula is C11H15ClN2O3S. The second-order valence-corrected chi connectivity index (χ2v) is 6.30. The fourth-order valence-corrected chi connectivity index (χ4v) is 2.78. The van der Waals surface area contributed by atoms with Gasteiger partial charge in [0.15, 0.2) is 9.84 Å². The van der Waals surface area contributed by atoms with E-state index in [2.05, 4.69) is 5.32 Å². The topological polar surface area (TPSA) is 89.3 Å². The van der Waals surface area contributed by atoms with Crippen LogP contribution in [0.1, 0.15) is 5.56 Å². The number of carbonyl (C=O) groups excluding carboxylic acids is 1. The zero-order valence-electron chi connectivity index (χ0n) is 9.73. The van der Waals surface area contributed by atoms with E-state index >= 15 is 0 Å². The number of rotatable bonds is 6. The Morgan fingerprint density at radius 1 is 1.28 bits per heavy atom. The third kappa shape index (κ3) is 5.48. The highest BCUT2D eigenvalue weighted by Crippen LogP contribution is 2.12. The van der Waals surface area contributed by atoms with Crippen LogP contribution < -0.4 is 11.1 Å². The summed E-state index contributed by atoms with van der Waals surface area (Å²) >= 11 is 5.70. The van der Waals surface area contributed by atoms with Crippen LogP contribution in [0.25, 0.3) is 0 Å². The largest absolute Gasteiger partial charge is 0.354 e. The minimum absolute atomic E-state index is 0.180. The van der Waals surface area contributed by atoms with Crippen LogP contribution >= 0.6 is 11.6 Å². The molecule has 100 valence electrons. The molecule has 0 saturated carbocycles. The van der Waals surface area contributed by atoms with E-state index < -0.39 is 21.5 Å². The molecule has 5 nitrogen and oxygen atoms in total. The molecule has 0 bridgehead atoms.